The van der Waals surface area contributed by atoms with Crippen LogP contribution in [-0.4, -0.2) is 33.3 Å². The molecule has 0 bridgehead atoms. The maximum Gasteiger partial charge on any atom is 0.241 e. The zero-order valence-electron chi connectivity index (χ0n) is 16.0. The van der Waals surface area contributed by atoms with E-state index in [2.05, 4.69) is 10.0 Å². The fraction of sp³-hybridized carbons (Fsp3) is 0.333. The summed E-state index contributed by atoms with van der Waals surface area (Å²) >= 11 is 0. The second-order valence-corrected chi connectivity index (χ2v) is 9.12. The minimum Gasteiger partial charge on any atom is -0.325 e. The summed E-state index contributed by atoms with van der Waals surface area (Å²) in [6.45, 7) is 0.290. The molecule has 0 spiro atoms. The quantitative estimate of drug-likeness (QED) is 0.759. The largest absolute Gasteiger partial charge is 0.325 e. The van der Waals surface area contributed by atoms with Gasteiger partial charge in [0, 0.05) is 24.3 Å². The summed E-state index contributed by atoms with van der Waals surface area (Å²) in [4.78, 5) is 25.7. The number of benzene rings is 2. The van der Waals surface area contributed by atoms with Crippen LogP contribution >= 0.6 is 0 Å². The third kappa shape index (κ3) is 4.33. The molecular weight excluding hydrogens is 390 g/mol. The van der Waals surface area contributed by atoms with E-state index < -0.39 is 15.9 Å². The summed E-state index contributed by atoms with van der Waals surface area (Å²) in [5, 5.41) is 2.74. The third-order valence-electron chi connectivity index (χ3n) is 5.34. The highest BCUT2D eigenvalue weighted by Crippen LogP contribution is 2.25. The minimum atomic E-state index is -3.83. The van der Waals surface area contributed by atoms with E-state index in [1.165, 1.54) is 23.3 Å². The molecule has 152 valence electrons. The van der Waals surface area contributed by atoms with Crippen molar-refractivity contribution in [3.05, 3.63) is 53.6 Å². The van der Waals surface area contributed by atoms with E-state index >= 15 is 0 Å². The molecule has 2 aromatic carbocycles. The van der Waals surface area contributed by atoms with Gasteiger partial charge in [-0.3, -0.25) is 9.59 Å². The van der Waals surface area contributed by atoms with E-state index in [0.717, 1.165) is 25.7 Å². The summed E-state index contributed by atoms with van der Waals surface area (Å²) < 4.78 is 27.3. The third-order valence-corrected chi connectivity index (χ3v) is 6.75. The van der Waals surface area contributed by atoms with Gasteiger partial charge in [0.15, 0.2) is 0 Å². The lowest BCUT2D eigenvalue weighted by Crippen LogP contribution is -2.33. The van der Waals surface area contributed by atoms with Crippen LogP contribution in [-0.2, 0) is 32.5 Å². The van der Waals surface area contributed by atoms with E-state index in [-0.39, 0.29) is 17.3 Å². The van der Waals surface area contributed by atoms with Crippen LogP contribution < -0.4 is 14.9 Å². The van der Waals surface area contributed by atoms with Gasteiger partial charge in [-0.05, 0) is 73.2 Å². The lowest BCUT2D eigenvalue weighted by molar-refractivity contribution is -0.117. The molecule has 0 aromatic heterocycles. The SMILES string of the molecule is O=C(CNS(=O)(=O)c1ccc(N2CCCC2=O)cc1)Nc1ccc2c(c1)CCC2. The first-order chi connectivity index (χ1) is 13.9. The van der Waals surface area contributed by atoms with E-state index in [4.69, 9.17) is 0 Å². The summed E-state index contributed by atoms with van der Waals surface area (Å²) in [6.07, 6.45) is 4.51. The average Bonchev–Trinajstić information content (AvgIpc) is 3.35. The lowest BCUT2D eigenvalue weighted by Gasteiger charge is -2.16. The van der Waals surface area contributed by atoms with Crippen LogP contribution in [0, 0.1) is 0 Å². The zero-order chi connectivity index (χ0) is 20.4. The van der Waals surface area contributed by atoms with E-state index in [1.54, 1.807) is 17.0 Å². The predicted molar refractivity (Wildman–Crippen MR) is 110 cm³/mol. The molecule has 1 heterocycles. The summed E-state index contributed by atoms with van der Waals surface area (Å²) in [6, 6.07) is 11.9. The molecule has 1 saturated heterocycles. The highest BCUT2D eigenvalue weighted by molar-refractivity contribution is 7.89. The van der Waals surface area contributed by atoms with E-state index in [1.807, 2.05) is 18.2 Å². The van der Waals surface area contributed by atoms with Crippen molar-refractivity contribution in [2.24, 2.45) is 0 Å². The Kier molecular flexibility index (Phi) is 5.38. The van der Waals surface area contributed by atoms with Crippen molar-refractivity contribution in [1.29, 1.82) is 0 Å². The van der Waals surface area contributed by atoms with Gasteiger partial charge in [0.25, 0.3) is 0 Å². The number of carbonyl (C=O) groups is 2. The molecule has 0 radical (unpaired) electrons. The molecule has 0 saturated carbocycles. The van der Waals surface area contributed by atoms with Crippen molar-refractivity contribution in [3.8, 4) is 0 Å². The predicted octanol–water partition coefficient (Wildman–Crippen LogP) is 2.22. The van der Waals surface area contributed by atoms with Crippen molar-refractivity contribution in [2.45, 2.75) is 37.0 Å². The van der Waals surface area contributed by atoms with Crippen LogP contribution in [0.4, 0.5) is 11.4 Å². The highest BCUT2D eigenvalue weighted by Gasteiger charge is 2.22. The minimum absolute atomic E-state index is 0.0435. The Labute approximate surface area is 170 Å². The smallest absolute Gasteiger partial charge is 0.241 e. The molecule has 2 aliphatic rings. The zero-order valence-corrected chi connectivity index (χ0v) is 16.8. The number of carbonyl (C=O) groups excluding carboxylic acids is 2. The molecule has 29 heavy (non-hydrogen) atoms. The Morgan fingerprint density at radius 1 is 0.966 bits per heavy atom. The van der Waals surface area contributed by atoms with Crippen molar-refractivity contribution in [2.75, 3.05) is 23.3 Å². The fourth-order valence-electron chi connectivity index (χ4n) is 3.83. The number of amides is 2. The molecule has 0 unspecified atom stereocenters. The van der Waals surface area contributed by atoms with Crippen LogP contribution in [0.25, 0.3) is 0 Å². The summed E-state index contributed by atoms with van der Waals surface area (Å²) in [5.74, 6) is -0.382. The van der Waals surface area contributed by atoms with Crippen LogP contribution in [0.1, 0.15) is 30.4 Å². The standard InChI is InChI=1S/C21H23N3O4S/c25-20(23-17-7-6-15-3-1-4-16(15)13-17)14-22-29(27,28)19-10-8-18(9-11-19)24-12-2-5-21(24)26/h6-11,13,22H,1-5,12,14H2,(H,23,25). The monoisotopic (exact) mass is 413 g/mol. The second kappa shape index (κ2) is 7.96. The Hall–Kier alpha value is -2.71. The lowest BCUT2D eigenvalue weighted by atomic mass is 10.1. The number of nitrogens with one attached hydrogen (secondary N) is 2. The molecule has 7 nitrogen and oxygen atoms in total. The molecule has 2 N–H and O–H groups in total. The topological polar surface area (TPSA) is 95.6 Å². The summed E-state index contributed by atoms with van der Waals surface area (Å²) in [5.41, 5.74) is 3.90. The molecule has 1 fully saturated rings. The first kappa shape index (κ1) is 19.6. The van der Waals surface area contributed by atoms with Gasteiger partial charge in [-0.25, -0.2) is 13.1 Å². The van der Waals surface area contributed by atoms with E-state index in [9.17, 15) is 18.0 Å². The number of hydrogen-bond donors (Lipinski definition) is 2. The van der Waals surface area contributed by atoms with Crippen LogP contribution in [0.3, 0.4) is 0 Å². The number of sulfonamides is 1. The number of rotatable bonds is 6. The van der Waals surface area contributed by atoms with Gasteiger partial charge < -0.3 is 10.2 Å². The van der Waals surface area contributed by atoms with E-state index in [0.29, 0.717) is 24.3 Å². The Bertz CT molecular complexity index is 1050. The van der Waals surface area contributed by atoms with Crippen LogP contribution in [0.5, 0.6) is 0 Å². The molecule has 0 atom stereocenters. The van der Waals surface area contributed by atoms with Crippen molar-refractivity contribution >= 4 is 33.2 Å². The maximum atomic E-state index is 12.5. The summed E-state index contributed by atoms with van der Waals surface area (Å²) in [7, 11) is -3.83. The Balaban J connectivity index is 1.35. The van der Waals surface area contributed by atoms with Gasteiger partial charge in [0.1, 0.15) is 0 Å². The van der Waals surface area contributed by atoms with Gasteiger partial charge in [0.2, 0.25) is 21.8 Å². The Morgan fingerprint density at radius 3 is 2.45 bits per heavy atom. The average molecular weight is 413 g/mol. The normalized spacial score (nSPS) is 16.1. The first-order valence-electron chi connectivity index (χ1n) is 9.74. The second-order valence-electron chi connectivity index (χ2n) is 7.35. The van der Waals surface area contributed by atoms with Gasteiger partial charge in [0.05, 0.1) is 11.4 Å². The molecule has 1 aliphatic heterocycles. The Morgan fingerprint density at radius 2 is 1.72 bits per heavy atom. The molecule has 2 amide bonds. The van der Waals surface area contributed by atoms with Gasteiger partial charge in [-0.15, -0.1) is 0 Å². The number of aryl methyl sites for hydroxylation is 2. The number of nitrogens with zero attached hydrogens (tertiary/aromatic N) is 1. The van der Waals surface area contributed by atoms with Gasteiger partial charge in [-0.2, -0.15) is 0 Å². The molecular formula is C21H23N3O4S. The first-order valence-corrected chi connectivity index (χ1v) is 11.2. The van der Waals surface area contributed by atoms with Crippen LogP contribution in [0.15, 0.2) is 47.4 Å². The molecule has 8 heteroatoms. The molecule has 1 aliphatic carbocycles. The fourth-order valence-corrected chi connectivity index (χ4v) is 4.81. The number of hydrogen-bond acceptors (Lipinski definition) is 4. The maximum absolute atomic E-state index is 12.5. The number of anilines is 2. The van der Waals surface area contributed by atoms with Crippen LogP contribution in [0.2, 0.25) is 0 Å². The highest BCUT2D eigenvalue weighted by atomic mass is 32.2. The molecule has 4 rings (SSSR count). The van der Waals surface area contributed by atoms with Gasteiger partial charge >= 0.3 is 0 Å². The molecule has 2 aromatic rings. The van der Waals surface area contributed by atoms with Crippen molar-refractivity contribution in [3.63, 3.8) is 0 Å². The number of fused-ring (bicyclic) bond motifs is 1. The van der Waals surface area contributed by atoms with Crippen molar-refractivity contribution in [1.82, 2.24) is 4.72 Å². The van der Waals surface area contributed by atoms with Crippen molar-refractivity contribution < 1.29 is 18.0 Å². The van der Waals surface area contributed by atoms with Gasteiger partial charge in [-0.1, -0.05) is 6.07 Å².